The number of fused-ring (bicyclic) bond motifs is 2. The first kappa shape index (κ1) is 13.4. The topological polar surface area (TPSA) is 26.3 Å². The van der Waals surface area contributed by atoms with E-state index in [-0.39, 0.29) is 5.97 Å². The molecule has 0 saturated heterocycles. The fourth-order valence-corrected chi connectivity index (χ4v) is 2.78. The van der Waals surface area contributed by atoms with E-state index in [0.29, 0.717) is 0 Å². The Morgan fingerprint density at radius 3 is 1.86 bits per heavy atom. The molecule has 3 aromatic rings. The van der Waals surface area contributed by atoms with Gasteiger partial charge in [-0.1, -0.05) is 48.5 Å². The number of ether oxygens (including phenoxy) is 1. The zero-order valence-electron chi connectivity index (χ0n) is 12.1. The second kappa shape index (κ2) is 5.41. The third-order valence-electron chi connectivity index (χ3n) is 3.83. The first-order chi connectivity index (χ1) is 10.2. The molecule has 0 aliphatic rings. The molecule has 21 heavy (non-hydrogen) atoms. The van der Waals surface area contributed by atoms with Crippen LogP contribution in [0.1, 0.15) is 11.1 Å². The molecular weight excluding hydrogens is 260 g/mol. The molecule has 0 unspecified atom stereocenters. The highest BCUT2D eigenvalue weighted by atomic mass is 16.5. The zero-order valence-corrected chi connectivity index (χ0v) is 12.1. The monoisotopic (exact) mass is 276 g/mol. The maximum absolute atomic E-state index is 11.4. The van der Waals surface area contributed by atoms with Crippen molar-refractivity contribution in [2.24, 2.45) is 0 Å². The van der Waals surface area contributed by atoms with Crippen LogP contribution in [0.4, 0.5) is 0 Å². The van der Waals surface area contributed by atoms with Gasteiger partial charge in [-0.05, 0) is 45.7 Å². The minimum Gasteiger partial charge on any atom is -0.466 e. The van der Waals surface area contributed by atoms with Crippen LogP contribution in [0.15, 0.2) is 54.6 Å². The zero-order chi connectivity index (χ0) is 14.8. The maximum atomic E-state index is 11.4. The molecule has 0 saturated carbocycles. The standard InChI is InChI=1S/C19H16O2/c1-13-14-7-3-5-9-16(14)18(11-12-19(20)21-2)17-10-6-4-8-15(13)17/h3-12H,1-2H3/b12-11+. The van der Waals surface area contributed by atoms with Gasteiger partial charge in [0.15, 0.2) is 0 Å². The van der Waals surface area contributed by atoms with Gasteiger partial charge in [-0.15, -0.1) is 0 Å². The lowest BCUT2D eigenvalue weighted by Crippen LogP contribution is -1.94. The van der Waals surface area contributed by atoms with Crippen molar-refractivity contribution in [1.82, 2.24) is 0 Å². The first-order valence-electron chi connectivity index (χ1n) is 6.88. The van der Waals surface area contributed by atoms with Crippen molar-refractivity contribution in [3.63, 3.8) is 0 Å². The van der Waals surface area contributed by atoms with Crippen LogP contribution in [-0.4, -0.2) is 13.1 Å². The number of hydrogen-bond donors (Lipinski definition) is 0. The minimum absolute atomic E-state index is 0.344. The summed E-state index contributed by atoms with van der Waals surface area (Å²) in [5, 5.41) is 4.71. The van der Waals surface area contributed by atoms with Gasteiger partial charge < -0.3 is 4.74 Å². The lowest BCUT2D eigenvalue weighted by molar-refractivity contribution is -0.134. The molecule has 2 heteroatoms. The number of esters is 1. The molecule has 0 amide bonds. The third-order valence-corrected chi connectivity index (χ3v) is 3.83. The summed E-state index contributed by atoms with van der Waals surface area (Å²) in [6.45, 7) is 2.14. The number of carbonyl (C=O) groups is 1. The quantitative estimate of drug-likeness (QED) is 0.391. The van der Waals surface area contributed by atoms with Gasteiger partial charge in [0.25, 0.3) is 0 Å². The third kappa shape index (κ3) is 2.29. The van der Waals surface area contributed by atoms with E-state index < -0.39 is 0 Å². The van der Waals surface area contributed by atoms with Gasteiger partial charge in [0.1, 0.15) is 0 Å². The van der Waals surface area contributed by atoms with Crippen molar-refractivity contribution < 1.29 is 9.53 Å². The fraction of sp³-hybridized carbons (Fsp3) is 0.105. The van der Waals surface area contributed by atoms with E-state index in [1.54, 1.807) is 0 Å². The SMILES string of the molecule is COC(=O)/C=C/c1c2ccccc2c(C)c2ccccc12. The van der Waals surface area contributed by atoms with Crippen molar-refractivity contribution >= 4 is 33.6 Å². The van der Waals surface area contributed by atoms with Gasteiger partial charge in [-0.2, -0.15) is 0 Å². The minimum atomic E-state index is -0.344. The molecule has 0 aliphatic heterocycles. The Balaban J connectivity index is 2.40. The van der Waals surface area contributed by atoms with Crippen molar-refractivity contribution in [1.29, 1.82) is 0 Å². The van der Waals surface area contributed by atoms with Crippen LogP contribution in [0.2, 0.25) is 0 Å². The van der Waals surface area contributed by atoms with E-state index in [9.17, 15) is 4.79 Å². The van der Waals surface area contributed by atoms with E-state index in [0.717, 1.165) is 16.3 Å². The number of aryl methyl sites for hydroxylation is 1. The molecule has 0 heterocycles. The molecule has 0 radical (unpaired) electrons. The molecule has 0 aromatic heterocycles. The van der Waals surface area contributed by atoms with E-state index in [2.05, 4.69) is 31.2 Å². The fourth-order valence-electron chi connectivity index (χ4n) is 2.78. The van der Waals surface area contributed by atoms with Crippen LogP contribution in [-0.2, 0) is 9.53 Å². The highest BCUT2D eigenvalue weighted by molar-refractivity contribution is 6.10. The predicted molar refractivity (Wildman–Crippen MR) is 87.2 cm³/mol. The molecule has 0 spiro atoms. The normalized spacial score (nSPS) is 11.3. The average Bonchev–Trinajstić information content (AvgIpc) is 2.54. The number of methoxy groups -OCH3 is 1. The second-order valence-electron chi connectivity index (χ2n) is 4.99. The van der Waals surface area contributed by atoms with Gasteiger partial charge in [0.05, 0.1) is 7.11 Å². The van der Waals surface area contributed by atoms with Crippen molar-refractivity contribution in [3.05, 3.63) is 65.7 Å². The summed E-state index contributed by atoms with van der Waals surface area (Å²) in [5.41, 5.74) is 2.31. The summed E-state index contributed by atoms with van der Waals surface area (Å²) >= 11 is 0. The highest BCUT2D eigenvalue weighted by Gasteiger charge is 2.09. The molecule has 0 fully saturated rings. The second-order valence-corrected chi connectivity index (χ2v) is 4.99. The van der Waals surface area contributed by atoms with Crippen LogP contribution in [0.5, 0.6) is 0 Å². The number of hydrogen-bond acceptors (Lipinski definition) is 2. The molecule has 104 valence electrons. The Morgan fingerprint density at radius 2 is 1.38 bits per heavy atom. The Kier molecular flexibility index (Phi) is 3.44. The smallest absolute Gasteiger partial charge is 0.330 e. The number of benzene rings is 3. The molecule has 0 aliphatic carbocycles. The summed E-state index contributed by atoms with van der Waals surface area (Å²) < 4.78 is 4.69. The summed E-state index contributed by atoms with van der Waals surface area (Å²) in [7, 11) is 1.39. The number of carbonyl (C=O) groups excluding carboxylic acids is 1. The average molecular weight is 276 g/mol. The van der Waals surface area contributed by atoms with E-state index in [1.165, 1.54) is 29.5 Å². The van der Waals surface area contributed by atoms with Crippen molar-refractivity contribution in [2.45, 2.75) is 6.92 Å². The van der Waals surface area contributed by atoms with E-state index in [1.807, 2.05) is 30.3 Å². The lowest BCUT2D eigenvalue weighted by Gasteiger charge is -2.12. The Morgan fingerprint density at radius 1 is 0.905 bits per heavy atom. The van der Waals surface area contributed by atoms with Crippen LogP contribution in [0.3, 0.4) is 0 Å². The van der Waals surface area contributed by atoms with E-state index >= 15 is 0 Å². The Hall–Kier alpha value is -2.61. The van der Waals surface area contributed by atoms with Crippen LogP contribution < -0.4 is 0 Å². The van der Waals surface area contributed by atoms with Crippen LogP contribution in [0, 0.1) is 6.92 Å². The largest absolute Gasteiger partial charge is 0.466 e. The molecular formula is C19H16O2. The van der Waals surface area contributed by atoms with Crippen LogP contribution in [0.25, 0.3) is 27.6 Å². The van der Waals surface area contributed by atoms with Crippen molar-refractivity contribution in [3.8, 4) is 0 Å². The van der Waals surface area contributed by atoms with Gasteiger partial charge in [-0.25, -0.2) is 4.79 Å². The molecule has 0 atom stereocenters. The molecule has 3 aromatic carbocycles. The summed E-state index contributed by atoms with van der Waals surface area (Å²) in [6.07, 6.45) is 3.32. The molecule has 0 bridgehead atoms. The highest BCUT2D eigenvalue weighted by Crippen LogP contribution is 2.33. The molecule has 2 nitrogen and oxygen atoms in total. The van der Waals surface area contributed by atoms with Crippen LogP contribution >= 0.6 is 0 Å². The first-order valence-corrected chi connectivity index (χ1v) is 6.88. The number of rotatable bonds is 2. The summed E-state index contributed by atoms with van der Waals surface area (Å²) in [5.74, 6) is -0.344. The predicted octanol–water partition coefficient (Wildman–Crippen LogP) is 4.49. The summed E-state index contributed by atoms with van der Waals surface area (Å²) in [6, 6.07) is 16.5. The van der Waals surface area contributed by atoms with Gasteiger partial charge in [0.2, 0.25) is 0 Å². The maximum Gasteiger partial charge on any atom is 0.330 e. The van der Waals surface area contributed by atoms with Crippen molar-refractivity contribution in [2.75, 3.05) is 7.11 Å². The summed E-state index contributed by atoms with van der Waals surface area (Å²) in [4.78, 5) is 11.4. The Bertz CT molecular complexity index is 803. The molecule has 0 N–H and O–H groups in total. The van der Waals surface area contributed by atoms with Gasteiger partial charge in [0, 0.05) is 6.08 Å². The lowest BCUT2D eigenvalue weighted by atomic mass is 9.92. The van der Waals surface area contributed by atoms with E-state index in [4.69, 9.17) is 4.74 Å². The Labute approximate surface area is 123 Å². The van der Waals surface area contributed by atoms with Gasteiger partial charge in [-0.3, -0.25) is 0 Å². The molecule has 3 rings (SSSR count). The van der Waals surface area contributed by atoms with Gasteiger partial charge >= 0.3 is 5.97 Å².